The molecule has 136 valence electrons. The summed E-state index contributed by atoms with van der Waals surface area (Å²) in [5.41, 5.74) is 0. The number of rotatable bonds is 15. The van der Waals surface area contributed by atoms with Gasteiger partial charge >= 0.3 is 5.97 Å². The minimum absolute atomic E-state index is 0.221. The molecular formula is C20H32O4. The van der Waals surface area contributed by atoms with Crippen LogP contribution in [0.25, 0.3) is 0 Å². The van der Waals surface area contributed by atoms with Gasteiger partial charge in [-0.15, -0.1) is 0 Å². The third-order valence-corrected chi connectivity index (χ3v) is 3.42. The van der Waals surface area contributed by atoms with Crippen molar-refractivity contribution in [2.24, 2.45) is 0 Å². The molecule has 0 radical (unpaired) electrons. The summed E-state index contributed by atoms with van der Waals surface area (Å²) < 4.78 is 0. The SMILES string of the molecule is CCCCCC=CC[C@@H](/C=C/C=CCC=CCCCC(=O)O)OO. The van der Waals surface area contributed by atoms with Crippen LogP contribution in [0.1, 0.15) is 64.7 Å². The van der Waals surface area contributed by atoms with Crippen LogP contribution in [0.4, 0.5) is 0 Å². The summed E-state index contributed by atoms with van der Waals surface area (Å²) in [6.07, 6.45) is 23.4. The topological polar surface area (TPSA) is 66.8 Å². The molecule has 0 spiro atoms. The smallest absolute Gasteiger partial charge is 0.303 e. The van der Waals surface area contributed by atoms with E-state index in [2.05, 4.69) is 17.9 Å². The summed E-state index contributed by atoms with van der Waals surface area (Å²) >= 11 is 0. The lowest BCUT2D eigenvalue weighted by atomic mass is 10.1. The molecule has 0 amide bonds. The molecular weight excluding hydrogens is 304 g/mol. The van der Waals surface area contributed by atoms with E-state index in [1.54, 1.807) is 0 Å². The van der Waals surface area contributed by atoms with E-state index in [1.165, 1.54) is 19.3 Å². The van der Waals surface area contributed by atoms with Gasteiger partial charge in [-0.1, -0.05) is 68.4 Å². The molecule has 0 aromatic carbocycles. The molecule has 24 heavy (non-hydrogen) atoms. The van der Waals surface area contributed by atoms with Crippen LogP contribution in [0.15, 0.2) is 48.6 Å². The van der Waals surface area contributed by atoms with Gasteiger partial charge in [0.05, 0.1) is 0 Å². The molecule has 1 atom stereocenters. The number of carboxylic acid groups (broad SMARTS) is 1. The third-order valence-electron chi connectivity index (χ3n) is 3.42. The summed E-state index contributed by atoms with van der Waals surface area (Å²) in [6.45, 7) is 2.19. The van der Waals surface area contributed by atoms with E-state index in [-0.39, 0.29) is 12.5 Å². The van der Waals surface area contributed by atoms with Crippen molar-refractivity contribution in [1.82, 2.24) is 0 Å². The molecule has 0 aromatic rings. The predicted octanol–water partition coefficient (Wildman–Crippen LogP) is 5.68. The molecule has 0 saturated heterocycles. The first-order valence-electron chi connectivity index (χ1n) is 8.86. The Morgan fingerprint density at radius 2 is 1.75 bits per heavy atom. The summed E-state index contributed by atoms with van der Waals surface area (Å²) in [5.74, 6) is -0.745. The Morgan fingerprint density at radius 1 is 1.00 bits per heavy atom. The van der Waals surface area contributed by atoms with Gasteiger partial charge in [0.25, 0.3) is 0 Å². The van der Waals surface area contributed by atoms with E-state index in [4.69, 9.17) is 10.4 Å². The van der Waals surface area contributed by atoms with E-state index in [1.807, 2.05) is 42.5 Å². The molecule has 0 rings (SSSR count). The minimum atomic E-state index is -0.745. The van der Waals surface area contributed by atoms with Gasteiger partial charge in [0, 0.05) is 6.42 Å². The van der Waals surface area contributed by atoms with Gasteiger partial charge < -0.3 is 5.11 Å². The molecule has 0 heterocycles. The van der Waals surface area contributed by atoms with Gasteiger partial charge in [-0.3, -0.25) is 10.1 Å². The van der Waals surface area contributed by atoms with Crippen molar-refractivity contribution >= 4 is 5.97 Å². The Morgan fingerprint density at radius 3 is 2.46 bits per heavy atom. The number of hydrogen-bond acceptors (Lipinski definition) is 3. The van der Waals surface area contributed by atoms with Gasteiger partial charge in [0.1, 0.15) is 6.10 Å². The minimum Gasteiger partial charge on any atom is -0.481 e. The molecule has 0 aliphatic heterocycles. The average molecular weight is 336 g/mol. The highest BCUT2D eigenvalue weighted by Crippen LogP contribution is 2.04. The van der Waals surface area contributed by atoms with Crippen molar-refractivity contribution in [2.75, 3.05) is 0 Å². The lowest BCUT2D eigenvalue weighted by Crippen LogP contribution is -2.04. The maximum absolute atomic E-state index is 10.3. The second-order valence-electron chi connectivity index (χ2n) is 5.65. The first-order valence-corrected chi connectivity index (χ1v) is 8.86. The van der Waals surface area contributed by atoms with E-state index in [0.717, 1.165) is 19.3 Å². The van der Waals surface area contributed by atoms with Crippen molar-refractivity contribution in [3.05, 3.63) is 48.6 Å². The number of carbonyl (C=O) groups is 1. The molecule has 0 bridgehead atoms. The van der Waals surface area contributed by atoms with Crippen LogP contribution in [0, 0.1) is 0 Å². The zero-order chi connectivity index (χ0) is 17.9. The van der Waals surface area contributed by atoms with Crippen molar-refractivity contribution in [3.63, 3.8) is 0 Å². The van der Waals surface area contributed by atoms with Gasteiger partial charge in [-0.2, -0.15) is 0 Å². The number of aliphatic carboxylic acids is 1. The zero-order valence-electron chi connectivity index (χ0n) is 14.8. The Labute approximate surface area is 146 Å². The number of unbranched alkanes of at least 4 members (excludes halogenated alkanes) is 4. The largest absolute Gasteiger partial charge is 0.481 e. The number of hydrogen-bond donors (Lipinski definition) is 2. The third kappa shape index (κ3) is 16.7. The van der Waals surface area contributed by atoms with Crippen molar-refractivity contribution in [1.29, 1.82) is 0 Å². The molecule has 0 aromatic heterocycles. The lowest BCUT2D eigenvalue weighted by Gasteiger charge is -2.04. The highest BCUT2D eigenvalue weighted by atomic mass is 17.1. The highest BCUT2D eigenvalue weighted by Gasteiger charge is 1.99. The summed E-state index contributed by atoms with van der Waals surface area (Å²) in [4.78, 5) is 14.8. The molecule has 2 N–H and O–H groups in total. The second-order valence-corrected chi connectivity index (χ2v) is 5.65. The van der Waals surface area contributed by atoms with Crippen LogP contribution >= 0.6 is 0 Å². The summed E-state index contributed by atoms with van der Waals surface area (Å²) in [6, 6.07) is 0. The first-order chi connectivity index (χ1) is 11.7. The Hall–Kier alpha value is -1.65. The van der Waals surface area contributed by atoms with Gasteiger partial charge in [-0.05, 0) is 38.5 Å². The average Bonchev–Trinajstić information content (AvgIpc) is 2.57. The summed E-state index contributed by atoms with van der Waals surface area (Å²) in [5, 5.41) is 17.4. The zero-order valence-corrected chi connectivity index (χ0v) is 14.8. The van der Waals surface area contributed by atoms with E-state index < -0.39 is 5.97 Å². The molecule has 0 aliphatic rings. The number of allylic oxidation sites excluding steroid dienone is 6. The highest BCUT2D eigenvalue weighted by molar-refractivity contribution is 5.66. The number of carboxylic acids is 1. The molecule has 0 saturated carbocycles. The monoisotopic (exact) mass is 336 g/mol. The van der Waals surface area contributed by atoms with Crippen molar-refractivity contribution in [3.8, 4) is 0 Å². The van der Waals surface area contributed by atoms with Crippen LogP contribution in [0.2, 0.25) is 0 Å². The Bertz CT molecular complexity index is 408. The normalized spacial score (nSPS) is 13.8. The van der Waals surface area contributed by atoms with Crippen LogP contribution in [0.5, 0.6) is 0 Å². The molecule has 0 unspecified atom stereocenters. The maximum atomic E-state index is 10.3. The van der Waals surface area contributed by atoms with Crippen molar-refractivity contribution in [2.45, 2.75) is 70.8 Å². The maximum Gasteiger partial charge on any atom is 0.303 e. The second kappa shape index (κ2) is 17.7. The van der Waals surface area contributed by atoms with Crippen LogP contribution in [0.3, 0.4) is 0 Å². The summed E-state index contributed by atoms with van der Waals surface area (Å²) in [7, 11) is 0. The molecule has 0 aliphatic carbocycles. The molecule has 4 nitrogen and oxygen atoms in total. The first kappa shape index (κ1) is 22.4. The van der Waals surface area contributed by atoms with Gasteiger partial charge in [0.15, 0.2) is 0 Å². The quantitative estimate of drug-likeness (QED) is 0.133. The fourth-order valence-electron chi connectivity index (χ4n) is 2.03. The van der Waals surface area contributed by atoms with Crippen LogP contribution < -0.4 is 0 Å². The standard InChI is InChI=1S/C20H32O4/c1-2-3-4-5-10-13-16-19(24-23)17-14-11-8-6-7-9-12-15-18-20(21)22/h7-11,13-14,17,19,23H,2-6,12,15-16,18H2,1H3,(H,21,22)/b9-7?,11-8?,13-10?,17-14+/t19-/m0/s1. The fourth-order valence-corrected chi connectivity index (χ4v) is 2.03. The van der Waals surface area contributed by atoms with E-state index in [9.17, 15) is 4.79 Å². The Kier molecular flexibility index (Phi) is 16.5. The van der Waals surface area contributed by atoms with Crippen LogP contribution in [-0.2, 0) is 9.68 Å². The predicted molar refractivity (Wildman–Crippen MR) is 98.9 cm³/mol. The van der Waals surface area contributed by atoms with E-state index >= 15 is 0 Å². The van der Waals surface area contributed by atoms with Crippen LogP contribution in [-0.4, -0.2) is 22.4 Å². The van der Waals surface area contributed by atoms with Crippen molar-refractivity contribution < 1.29 is 20.0 Å². The molecule has 0 fully saturated rings. The van der Waals surface area contributed by atoms with Gasteiger partial charge in [0.2, 0.25) is 0 Å². The van der Waals surface area contributed by atoms with E-state index in [0.29, 0.717) is 12.8 Å². The Balaban J connectivity index is 3.79. The molecule has 4 heteroatoms. The fraction of sp³-hybridized carbons (Fsp3) is 0.550. The lowest BCUT2D eigenvalue weighted by molar-refractivity contribution is -0.264. The van der Waals surface area contributed by atoms with Gasteiger partial charge in [-0.25, -0.2) is 4.89 Å².